The van der Waals surface area contributed by atoms with Crippen LogP contribution in [0, 0.1) is 0 Å². The number of unbranched alkanes of at least 4 members (excludes halogenated alkanes) is 2. The van der Waals surface area contributed by atoms with Crippen molar-refractivity contribution in [2.24, 2.45) is 0 Å². The Balaban J connectivity index is 1.52. The number of hydrogen-bond acceptors (Lipinski definition) is 1. The third kappa shape index (κ3) is 7.51. The second-order valence-electron chi connectivity index (χ2n) is 6.21. The second-order valence-corrected chi connectivity index (χ2v) is 7.08. The highest BCUT2D eigenvalue weighted by molar-refractivity contribution is 6.30. The average Bonchev–Trinajstić information content (AvgIpc) is 2.59. The van der Waals surface area contributed by atoms with Crippen molar-refractivity contribution >= 4 is 29.0 Å². The van der Waals surface area contributed by atoms with E-state index in [9.17, 15) is 4.79 Å². The molecule has 3 heteroatoms. The number of carbonyl (C=O) groups is 1. The predicted molar refractivity (Wildman–Crippen MR) is 103 cm³/mol. The van der Waals surface area contributed by atoms with E-state index < -0.39 is 0 Å². The molecule has 0 radical (unpaired) electrons. The minimum atomic E-state index is 0.391. The fourth-order valence-electron chi connectivity index (χ4n) is 2.73. The topological polar surface area (TPSA) is 17.1 Å². The molecule has 0 heterocycles. The Hall–Kier alpha value is -1.31. The number of hydrogen-bond donors (Lipinski definition) is 0. The van der Waals surface area contributed by atoms with Gasteiger partial charge in [0.2, 0.25) is 0 Å². The Morgan fingerprint density at radius 1 is 0.625 bits per heavy atom. The van der Waals surface area contributed by atoms with Gasteiger partial charge in [-0.05, 0) is 73.9 Å². The number of carbonyl (C=O) groups excluding carboxylic acids is 1. The van der Waals surface area contributed by atoms with E-state index in [1.54, 1.807) is 0 Å². The molecule has 0 saturated carbocycles. The largest absolute Gasteiger partial charge is 0.300 e. The first-order valence-electron chi connectivity index (χ1n) is 8.64. The van der Waals surface area contributed by atoms with Gasteiger partial charge in [0.05, 0.1) is 0 Å². The molecule has 24 heavy (non-hydrogen) atoms. The summed E-state index contributed by atoms with van der Waals surface area (Å²) in [6.45, 7) is 0. The van der Waals surface area contributed by atoms with Crippen LogP contribution in [0.25, 0.3) is 0 Å². The Bertz CT molecular complexity index is 562. The van der Waals surface area contributed by atoms with Crippen molar-refractivity contribution in [3.05, 3.63) is 69.7 Å². The number of Topliss-reactive ketones (excluding diaryl/α,β-unsaturated/α-hetero) is 1. The summed E-state index contributed by atoms with van der Waals surface area (Å²) in [5, 5.41) is 1.54. The van der Waals surface area contributed by atoms with Gasteiger partial charge in [-0.25, -0.2) is 0 Å². The van der Waals surface area contributed by atoms with Crippen molar-refractivity contribution in [1.82, 2.24) is 0 Å². The van der Waals surface area contributed by atoms with Crippen LogP contribution >= 0.6 is 23.2 Å². The number of halogens is 2. The predicted octanol–water partition coefficient (Wildman–Crippen LogP) is 6.69. The third-order valence-corrected chi connectivity index (χ3v) is 4.67. The first-order valence-corrected chi connectivity index (χ1v) is 9.39. The van der Waals surface area contributed by atoms with Crippen LogP contribution in [-0.4, -0.2) is 5.78 Å². The lowest BCUT2D eigenvalue weighted by Crippen LogP contribution is -1.99. The van der Waals surface area contributed by atoms with E-state index >= 15 is 0 Å². The van der Waals surface area contributed by atoms with Crippen molar-refractivity contribution < 1.29 is 4.79 Å². The molecule has 0 fully saturated rings. The second kappa shape index (κ2) is 10.5. The number of ketones is 1. The quantitative estimate of drug-likeness (QED) is 0.430. The molecule has 0 aliphatic heterocycles. The first kappa shape index (κ1) is 19.0. The van der Waals surface area contributed by atoms with E-state index in [4.69, 9.17) is 23.2 Å². The van der Waals surface area contributed by atoms with Crippen LogP contribution in [0.2, 0.25) is 10.0 Å². The minimum Gasteiger partial charge on any atom is -0.300 e. The smallest absolute Gasteiger partial charge is 0.132 e. The van der Waals surface area contributed by atoms with Gasteiger partial charge in [0.25, 0.3) is 0 Å². The molecule has 0 saturated heterocycles. The van der Waals surface area contributed by atoms with Gasteiger partial charge >= 0.3 is 0 Å². The summed E-state index contributed by atoms with van der Waals surface area (Å²) in [4.78, 5) is 11.9. The summed E-state index contributed by atoms with van der Waals surface area (Å²) < 4.78 is 0. The lowest BCUT2D eigenvalue weighted by molar-refractivity contribution is -0.119. The lowest BCUT2D eigenvalue weighted by Gasteiger charge is -2.04. The van der Waals surface area contributed by atoms with Gasteiger partial charge in [-0.1, -0.05) is 47.5 Å². The lowest BCUT2D eigenvalue weighted by atomic mass is 10.0. The zero-order chi connectivity index (χ0) is 17.2. The molecule has 2 rings (SSSR count). The molecule has 0 amide bonds. The summed E-state index contributed by atoms with van der Waals surface area (Å²) >= 11 is 11.7. The molecule has 0 spiro atoms. The van der Waals surface area contributed by atoms with Crippen LogP contribution in [0.5, 0.6) is 0 Å². The summed E-state index contributed by atoms with van der Waals surface area (Å²) in [5.74, 6) is 0.391. The Labute approximate surface area is 155 Å². The van der Waals surface area contributed by atoms with E-state index in [0.29, 0.717) is 18.6 Å². The monoisotopic (exact) mass is 362 g/mol. The SMILES string of the molecule is O=C(CCCCc1ccc(Cl)cc1)CCCCc1ccc(Cl)cc1. The molecule has 128 valence electrons. The van der Waals surface area contributed by atoms with Crippen molar-refractivity contribution in [1.29, 1.82) is 0 Å². The van der Waals surface area contributed by atoms with Crippen molar-refractivity contribution in [2.75, 3.05) is 0 Å². The van der Waals surface area contributed by atoms with Gasteiger partial charge in [-0.15, -0.1) is 0 Å². The highest BCUT2D eigenvalue weighted by Gasteiger charge is 2.03. The van der Waals surface area contributed by atoms with Crippen LogP contribution in [0.4, 0.5) is 0 Å². The zero-order valence-corrected chi connectivity index (χ0v) is 15.5. The standard InChI is InChI=1S/C21H24Cl2O/c22-19-13-9-17(10-14-19)5-1-3-7-21(24)8-4-2-6-18-11-15-20(23)16-12-18/h9-16H,1-8H2. The van der Waals surface area contributed by atoms with Crippen LogP contribution in [0.1, 0.15) is 49.7 Å². The number of aryl methyl sites for hydroxylation is 2. The molecule has 0 aliphatic carbocycles. The molecule has 0 aromatic heterocycles. The Morgan fingerprint density at radius 3 is 1.38 bits per heavy atom. The van der Waals surface area contributed by atoms with Crippen LogP contribution in [-0.2, 0) is 17.6 Å². The van der Waals surface area contributed by atoms with Gasteiger partial charge in [0, 0.05) is 22.9 Å². The van der Waals surface area contributed by atoms with E-state index in [0.717, 1.165) is 48.6 Å². The van der Waals surface area contributed by atoms with Gasteiger partial charge in [0.1, 0.15) is 5.78 Å². The Kier molecular flexibility index (Phi) is 8.35. The molecule has 2 aromatic carbocycles. The molecular formula is C21H24Cl2O. The fourth-order valence-corrected chi connectivity index (χ4v) is 2.98. The van der Waals surface area contributed by atoms with E-state index in [-0.39, 0.29) is 0 Å². The Morgan fingerprint density at radius 2 is 1.00 bits per heavy atom. The van der Waals surface area contributed by atoms with Gasteiger partial charge in [0.15, 0.2) is 0 Å². The van der Waals surface area contributed by atoms with E-state index in [1.165, 1.54) is 11.1 Å². The van der Waals surface area contributed by atoms with Crippen LogP contribution in [0.3, 0.4) is 0 Å². The zero-order valence-electron chi connectivity index (χ0n) is 13.9. The maximum atomic E-state index is 11.9. The number of benzene rings is 2. The maximum absolute atomic E-state index is 11.9. The molecular weight excluding hydrogens is 339 g/mol. The molecule has 0 aliphatic rings. The molecule has 0 N–H and O–H groups in total. The van der Waals surface area contributed by atoms with Crippen molar-refractivity contribution in [2.45, 2.75) is 51.4 Å². The van der Waals surface area contributed by atoms with E-state index in [2.05, 4.69) is 24.3 Å². The maximum Gasteiger partial charge on any atom is 0.132 e. The first-order chi connectivity index (χ1) is 11.6. The third-order valence-electron chi connectivity index (χ3n) is 4.17. The minimum absolute atomic E-state index is 0.391. The number of rotatable bonds is 10. The normalized spacial score (nSPS) is 10.8. The van der Waals surface area contributed by atoms with Gasteiger partial charge in [-0.3, -0.25) is 4.79 Å². The molecule has 1 nitrogen and oxygen atoms in total. The van der Waals surface area contributed by atoms with Crippen molar-refractivity contribution in [3.63, 3.8) is 0 Å². The molecule has 0 bridgehead atoms. The molecule has 0 atom stereocenters. The van der Waals surface area contributed by atoms with Crippen LogP contribution in [0.15, 0.2) is 48.5 Å². The van der Waals surface area contributed by atoms with Gasteiger partial charge < -0.3 is 0 Å². The fraction of sp³-hybridized carbons (Fsp3) is 0.381. The molecule has 0 unspecified atom stereocenters. The highest BCUT2D eigenvalue weighted by Crippen LogP contribution is 2.14. The van der Waals surface area contributed by atoms with Gasteiger partial charge in [-0.2, -0.15) is 0 Å². The van der Waals surface area contributed by atoms with E-state index in [1.807, 2.05) is 24.3 Å². The average molecular weight is 363 g/mol. The summed E-state index contributed by atoms with van der Waals surface area (Å²) in [6.07, 6.45) is 7.48. The highest BCUT2D eigenvalue weighted by atomic mass is 35.5. The molecule has 2 aromatic rings. The summed E-state index contributed by atoms with van der Waals surface area (Å²) in [6, 6.07) is 15.9. The summed E-state index contributed by atoms with van der Waals surface area (Å²) in [7, 11) is 0. The van der Waals surface area contributed by atoms with Crippen LogP contribution < -0.4 is 0 Å². The van der Waals surface area contributed by atoms with Crippen molar-refractivity contribution in [3.8, 4) is 0 Å². The summed E-state index contributed by atoms with van der Waals surface area (Å²) in [5.41, 5.74) is 2.57.